The Hall–Kier alpha value is -0.430. The van der Waals surface area contributed by atoms with Gasteiger partial charge in [0.1, 0.15) is 0 Å². The van der Waals surface area contributed by atoms with Crippen LogP contribution in [-0.2, 0) is 10.2 Å². The Bertz CT molecular complexity index is 434. The minimum atomic E-state index is -3.36. The largest absolute Gasteiger partial charge is 0.314 e. The molecular formula is C15H31N3O2S. The zero-order valence-electron chi connectivity index (χ0n) is 13.9. The summed E-state index contributed by atoms with van der Waals surface area (Å²) in [6, 6.07) is 0.438. The van der Waals surface area contributed by atoms with E-state index in [-0.39, 0.29) is 0 Å². The van der Waals surface area contributed by atoms with Crippen molar-refractivity contribution in [3.8, 4) is 0 Å². The monoisotopic (exact) mass is 317 g/mol. The van der Waals surface area contributed by atoms with E-state index in [2.05, 4.69) is 25.7 Å². The van der Waals surface area contributed by atoms with E-state index < -0.39 is 10.2 Å². The van der Waals surface area contributed by atoms with Crippen LogP contribution in [0.1, 0.15) is 40.5 Å². The Morgan fingerprint density at radius 3 is 2.67 bits per heavy atom. The fourth-order valence-electron chi connectivity index (χ4n) is 2.63. The molecule has 1 unspecified atom stereocenters. The number of hydrogen-bond acceptors (Lipinski definition) is 3. The molecule has 1 fully saturated rings. The zero-order chi connectivity index (χ0) is 16.0. The fourth-order valence-corrected chi connectivity index (χ4v) is 4.42. The lowest BCUT2D eigenvalue weighted by Gasteiger charge is -2.35. The van der Waals surface area contributed by atoms with E-state index in [9.17, 15) is 8.42 Å². The molecule has 0 spiro atoms. The summed E-state index contributed by atoms with van der Waals surface area (Å²) >= 11 is 0. The number of likely N-dealkylation sites (N-methyl/N-ethyl adjacent to an activating group) is 1. The van der Waals surface area contributed by atoms with Crippen LogP contribution in [0.5, 0.6) is 0 Å². The molecule has 0 aromatic heterocycles. The topological polar surface area (TPSA) is 52.7 Å². The molecule has 0 saturated carbocycles. The second-order valence-corrected chi connectivity index (χ2v) is 8.25. The van der Waals surface area contributed by atoms with Crippen LogP contribution in [0.4, 0.5) is 0 Å². The van der Waals surface area contributed by atoms with Gasteiger partial charge in [0, 0.05) is 32.2 Å². The molecule has 1 heterocycles. The minimum absolute atomic E-state index is 0.402. The Balaban J connectivity index is 2.70. The molecule has 0 aromatic carbocycles. The Morgan fingerprint density at radius 1 is 1.48 bits per heavy atom. The first kappa shape index (κ1) is 18.6. The van der Waals surface area contributed by atoms with Gasteiger partial charge >= 0.3 is 0 Å². The van der Waals surface area contributed by atoms with Crippen molar-refractivity contribution < 1.29 is 8.42 Å². The van der Waals surface area contributed by atoms with Crippen molar-refractivity contribution in [3.05, 3.63) is 12.2 Å². The van der Waals surface area contributed by atoms with Crippen LogP contribution in [0.15, 0.2) is 12.2 Å². The van der Waals surface area contributed by atoms with Crippen molar-refractivity contribution in [1.82, 2.24) is 13.9 Å². The maximum Gasteiger partial charge on any atom is 0.282 e. The molecule has 21 heavy (non-hydrogen) atoms. The van der Waals surface area contributed by atoms with Crippen molar-refractivity contribution in [2.75, 3.05) is 32.7 Å². The molecule has 1 saturated heterocycles. The van der Waals surface area contributed by atoms with Gasteiger partial charge in [0.15, 0.2) is 0 Å². The lowest BCUT2D eigenvalue weighted by Crippen LogP contribution is -2.49. The molecule has 0 amide bonds. The SMILES string of the molecule is C=C(C)CN(CC)S(=O)(=O)N1CCCC(CNC(C)C)C1. The van der Waals surface area contributed by atoms with E-state index in [1.807, 2.05) is 13.8 Å². The maximum absolute atomic E-state index is 12.7. The molecule has 0 radical (unpaired) electrons. The smallest absolute Gasteiger partial charge is 0.282 e. The number of nitrogens with one attached hydrogen (secondary N) is 1. The van der Waals surface area contributed by atoms with Gasteiger partial charge in [-0.15, -0.1) is 0 Å². The molecule has 1 aliphatic heterocycles. The van der Waals surface area contributed by atoms with Gasteiger partial charge in [-0.3, -0.25) is 0 Å². The first-order chi connectivity index (χ1) is 9.77. The summed E-state index contributed by atoms with van der Waals surface area (Å²) in [4.78, 5) is 0. The molecule has 0 aliphatic carbocycles. The summed E-state index contributed by atoms with van der Waals surface area (Å²) in [6.45, 7) is 14.8. The summed E-state index contributed by atoms with van der Waals surface area (Å²) in [5, 5.41) is 3.41. The van der Waals surface area contributed by atoms with Crippen LogP contribution in [0, 0.1) is 5.92 Å². The fraction of sp³-hybridized carbons (Fsp3) is 0.867. The average molecular weight is 317 g/mol. The van der Waals surface area contributed by atoms with Gasteiger partial charge in [-0.2, -0.15) is 17.0 Å². The van der Waals surface area contributed by atoms with Gasteiger partial charge in [-0.05, 0) is 32.2 Å². The molecule has 124 valence electrons. The summed E-state index contributed by atoms with van der Waals surface area (Å²) in [6.07, 6.45) is 2.03. The third kappa shape index (κ3) is 5.70. The highest BCUT2D eigenvalue weighted by atomic mass is 32.2. The highest BCUT2D eigenvalue weighted by Crippen LogP contribution is 2.21. The number of piperidine rings is 1. The van der Waals surface area contributed by atoms with Crippen LogP contribution in [-0.4, -0.2) is 55.8 Å². The molecule has 0 aromatic rings. The highest BCUT2D eigenvalue weighted by Gasteiger charge is 2.32. The molecule has 1 N–H and O–H groups in total. The van der Waals surface area contributed by atoms with Gasteiger partial charge in [-0.1, -0.05) is 32.9 Å². The quantitative estimate of drug-likeness (QED) is 0.695. The first-order valence-electron chi connectivity index (χ1n) is 7.90. The van der Waals surface area contributed by atoms with E-state index in [1.54, 1.807) is 4.31 Å². The van der Waals surface area contributed by atoms with Crippen molar-refractivity contribution in [2.45, 2.75) is 46.6 Å². The molecular weight excluding hydrogens is 286 g/mol. The summed E-state index contributed by atoms with van der Waals surface area (Å²) in [7, 11) is -3.36. The Morgan fingerprint density at radius 2 is 2.14 bits per heavy atom. The van der Waals surface area contributed by atoms with Crippen LogP contribution in [0.25, 0.3) is 0 Å². The van der Waals surface area contributed by atoms with Crippen molar-refractivity contribution in [3.63, 3.8) is 0 Å². The second kappa shape index (κ2) is 8.27. The Kier molecular flexibility index (Phi) is 7.33. The average Bonchev–Trinajstić information content (AvgIpc) is 2.42. The molecule has 1 aliphatic rings. The van der Waals surface area contributed by atoms with E-state index in [4.69, 9.17) is 0 Å². The van der Waals surface area contributed by atoms with Gasteiger partial charge < -0.3 is 5.32 Å². The molecule has 0 bridgehead atoms. The third-order valence-electron chi connectivity index (χ3n) is 3.75. The van der Waals surface area contributed by atoms with Crippen LogP contribution >= 0.6 is 0 Å². The zero-order valence-corrected chi connectivity index (χ0v) is 14.7. The Labute approximate surface area is 130 Å². The summed E-state index contributed by atoms with van der Waals surface area (Å²) < 4.78 is 28.6. The van der Waals surface area contributed by atoms with Crippen LogP contribution in [0.3, 0.4) is 0 Å². The van der Waals surface area contributed by atoms with Gasteiger partial charge in [0.05, 0.1) is 0 Å². The predicted molar refractivity (Wildman–Crippen MR) is 88.4 cm³/mol. The molecule has 5 nitrogen and oxygen atoms in total. The molecule has 6 heteroatoms. The normalized spacial score (nSPS) is 21.1. The number of hydrogen-bond donors (Lipinski definition) is 1. The van der Waals surface area contributed by atoms with Crippen molar-refractivity contribution in [1.29, 1.82) is 0 Å². The van der Waals surface area contributed by atoms with E-state index in [0.29, 0.717) is 38.1 Å². The standard InChI is InChI=1S/C15H31N3O2S/c1-6-17(11-13(2)3)21(19,20)18-9-7-8-15(12-18)10-16-14(4)5/h14-16H,2,6-12H2,1,3-5H3. The highest BCUT2D eigenvalue weighted by molar-refractivity contribution is 7.86. The number of nitrogens with zero attached hydrogens (tertiary/aromatic N) is 2. The molecule has 1 rings (SSSR count). The molecule has 1 atom stereocenters. The second-order valence-electron chi connectivity index (χ2n) is 6.32. The summed E-state index contributed by atoms with van der Waals surface area (Å²) in [5.74, 6) is 0.402. The van der Waals surface area contributed by atoms with Crippen molar-refractivity contribution in [2.24, 2.45) is 5.92 Å². The van der Waals surface area contributed by atoms with E-state index >= 15 is 0 Å². The van der Waals surface area contributed by atoms with Gasteiger partial charge in [-0.25, -0.2) is 0 Å². The lowest BCUT2D eigenvalue weighted by molar-refractivity contribution is 0.242. The van der Waals surface area contributed by atoms with Crippen molar-refractivity contribution >= 4 is 10.2 Å². The third-order valence-corrected chi connectivity index (χ3v) is 5.77. The first-order valence-corrected chi connectivity index (χ1v) is 9.30. The van der Waals surface area contributed by atoms with E-state index in [1.165, 1.54) is 4.31 Å². The van der Waals surface area contributed by atoms with E-state index in [0.717, 1.165) is 25.0 Å². The number of rotatable bonds is 8. The van der Waals surface area contributed by atoms with Gasteiger partial charge in [0.25, 0.3) is 10.2 Å². The summed E-state index contributed by atoms with van der Waals surface area (Å²) in [5.41, 5.74) is 0.871. The van der Waals surface area contributed by atoms with Crippen LogP contribution < -0.4 is 5.32 Å². The lowest BCUT2D eigenvalue weighted by atomic mass is 9.99. The van der Waals surface area contributed by atoms with Crippen LogP contribution in [0.2, 0.25) is 0 Å². The van der Waals surface area contributed by atoms with Gasteiger partial charge in [0.2, 0.25) is 0 Å². The predicted octanol–water partition coefficient (Wildman–Crippen LogP) is 1.84. The minimum Gasteiger partial charge on any atom is -0.314 e. The maximum atomic E-state index is 12.7.